The predicted octanol–water partition coefficient (Wildman–Crippen LogP) is 1.89. The normalized spacial score (nSPS) is 17.8. The van der Waals surface area contributed by atoms with E-state index in [2.05, 4.69) is 0 Å². The number of piperazine rings is 1. The minimum Gasteiger partial charge on any atom is -0.338 e. The van der Waals surface area contributed by atoms with Crippen LogP contribution in [0.1, 0.15) is 21.5 Å². The molecule has 0 saturated carbocycles. The largest absolute Gasteiger partial charge is 0.338 e. The lowest BCUT2D eigenvalue weighted by Gasteiger charge is -2.38. The SMILES string of the molecule is Cl.NC1(C(=O)N2CCN(C(=O)c3ccccc3)CC2)Cc2ccccc2C1. The van der Waals surface area contributed by atoms with Gasteiger partial charge < -0.3 is 15.5 Å². The fourth-order valence-electron chi connectivity index (χ4n) is 3.99. The van der Waals surface area contributed by atoms with Crippen molar-refractivity contribution in [2.24, 2.45) is 5.73 Å². The second kappa shape index (κ2) is 7.71. The van der Waals surface area contributed by atoms with Crippen LogP contribution in [0.2, 0.25) is 0 Å². The first-order valence-corrected chi connectivity index (χ1v) is 9.06. The number of nitrogens with zero attached hydrogens (tertiary/aromatic N) is 2. The lowest BCUT2D eigenvalue weighted by atomic mass is 9.94. The van der Waals surface area contributed by atoms with Crippen molar-refractivity contribution in [1.29, 1.82) is 0 Å². The van der Waals surface area contributed by atoms with E-state index in [1.54, 1.807) is 0 Å². The van der Waals surface area contributed by atoms with Gasteiger partial charge in [0.15, 0.2) is 0 Å². The summed E-state index contributed by atoms with van der Waals surface area (Å²) in [6, 6.07) is 17.3. The summed E-state index contributed by atoms with van der Waals surface area (Å²) in [5.41, 5.74) is 8.67. The molecule has 2 aromatic carbocycles. The number of amides is 2. The number of rotatable bonds is 2. The van der Waals surface area contributed by atoms with Crippen LogP contribution in [0.25, 0.3) is 0 Å². The summed E-state index contributed by atoms with van der Waals surface area (Å²) >= 11 is 0. The standard InChI is InChI=1S/C21H23N3O2.ClH/c22-21(14-17-8-4-5-9-18(17)15-21)20(26)24-12-10-23(11-13-24)19(25)16-6-2-1-3-7-16;/h1-9H,10-15,22H2;1H. The molecule has 1 fully saturated rings. The fourth-order valence-corrected chi connectivity index (χ4v) is 3.99. The van der Waals surface area contributed by atoms with Crippen molar-refractivity contribution in [2.45, 2.75) is 18.4 Å². The van der Waals surface area contributed by atoms with Crippen LogP contribution in [-0.2, 0) is 17.6 Å². The Balaban J connectivity index is 0.00000210. The molecule has 1 heterocycles. The third-order valence-corrected chi connectivity index (χ3v) is 5.43. The topological polar surface area (TPSA) is 66.6 Å². The Kier molecular flexibility index (Phi) is 5.53. The number of hydrogen-bond acceptors (Lipinski definition) is 3. The zero-order valence-electron chi connectivity index (χ0n) is 15.1. The minimum atomic E-state index is -0.852. The van der Waals surface area contributed by atoms with E-state index in [-0.39, 0.29) is 24.2 Å². The molecule has 2 aromatic rings. The van der Waals surface area contributed by atoms with Gasteiger partial charge in [-0.05, 0) is 36.1 Å². The third kappa shape index (κ3) is 3.70. The molecule has 0 aromatic heterocycles. The van der Waals surface area contributed by atoms with E-state index in [0.29, 0.717) is 44.6 Å². The number of carbonyl (C=O) groups excluding carboxylic acids is 2. The van der Waals surface area contributed by atoms with Crippen LogP contribution in [0.4, 0.5) is 0 Å². The average Bonchev–Trinajstić information content (AvgIpc) is 3.05. The molecular formula is C21H24ClN3O2. The Hall–Kier alpha value is -2.37. The summed E-state index contributed by atoms with van der Waals surface area (Å²) in [7, 11) is 0. The van der Waals surface area contributed by atoms with Gasteiger partial charge in [-0.3, -0.25) is 9.59 Å². The smallest absolute Gasteiger partial charge is 0.253 e. The molecule has 2 amide bonds. The molecule has 4 rings (SSSR count). The lowest BCUT2D eigenvalue weighted by Crippen LogP contribution is -2.60. The first kappa shape index (κ1) is 19.4. The van der Waals surface area contributed by atoms with Gasteiger partial charge in [-0.25, -0.2) is 0 Å². The van der Waals surface area contributed by atoms with Crippen molar-refractivity contribution in [3.8, 4) is 0 Å². The first-order valence-electron chi connectivity index (χ1n) is 9.06. The number of hydrogen-bond donors (Lipinski definition) is 1. The summed E-state index contributed by atoms with van der Waals surface area (Å²) in [6.07, 6.45) is 1.18. The number of fused-ring (bicyclic) bond motifs is 1. The summed E-state index contributed by atoms with van der Waals surface area (Å²) in [5.74, 6) is 0.0222. The van der Waals surface area contributed by atoms with Crippen molar-refractivity contribution >= 4 is 24.2 Å². The van der Waals surface area contributed by atoms with E-state index < -0.39 is 5.54 Å². The molecule has 1 aliphatic heterocycles. The summed E-state index contributed by atoms with van der Waals surface area (Å²) in [5, 5.41) is 0. The van der Waals surface area contributed by atoms with Gasteiger partial charge in [-0.2, -0.15) is 0 Å². The van der Waals surface area contributed by atoms with E-state index in [4.69, 9.17) is 5.73 Å². The highest BCUT2D eigenvalue weighted by Crippen LogP contribution is 2.30. The monoisotopic (exact) mass is 385 g/mol. The van der Waals surface area contributed by atoms with E-state index in [1.165, 1.54) is 11.1 Å². The number of benzene rings is 2. The number of nitrogens with two attached hydrogens (primary N) is 1. The van der Waals surface area contributed by atoms with Gasteiger partial charge in [0.1, 0.15) is 5.54 Å². The molecule has 2 N–H and O–H groups in total. The van der Waals surface area contributed by atoms with Gasteiger partial charge in [0.25, 0.3) is 5.91 Å². The fraction of sp³-hybridized carbons (Fsp3) is 0.333. The first-order chi connectivity index (χ1) is 12.6. The van der Waals surface area contributed by atoms with E-state index in [1.807, 2.05) is 64.4 Å². The highest BCUT2D eigenvalue weighted by molar-refractivity contribution is 5.94. The van der Waals surface area contributed by atoms with Gasteiger partial charge in [0.05, 0.1) is 0 Å². The Labute approximate surface area is 165 Å². The highest BCUT2D eigenvalue weighted by Gasteiger charge is 2.43. The van der Waals surface area contributed by atoms with Crippen LogP contribution in [0.15, 0.2) is 54.6 Å². The van der Waals surface area contributed by atoms with Crippen LogP contribution < -0.4 is 5.73 Å². The van der Waals surface area contributed by atoms with Crippen molar-refractivity contribution in [1.82, 2.24) is 9.80 Å². The van der Waals surface area contributed by atoms with Gasteiger partial charge in [0, 0.05) is 31.7 Å². The molecule has 0 radical (unpaired) electrons. The molecule has 5 nitrogen and oxygen atoms in total. The summed E-state index contributed by atoms with van der Waals surface area (Å²) in [4.78, 5) is 29.2. The summed E-state index contributed by atoms with van der Waals surface area (Å²) in [6.45, 7) is 2.16. The van der Waals surface area contributed by atoms with Gasteiger partial charge in [-0.15, -0.1) is 12.4 Å². The lowest BCUT2D eigenvalue weighted by molar-refractivity contribution is -0.138. The molecular weight excluding hydrogens is 362 g/mol. The van der Waals surface area contributed by atoms with Crippen LogP contribution in [0, 0.1) is 0 Å². The van der Waals surface area contributed by atoms with Gasteiger partial charge in [0.2, 0.25) is 5.91 Å². The predicted molar refractivity (Wildman–Crippen MR) is 107 cm³/mol. The second-order valence-corrected chi connectivity index (χ2v) is 7.23. The second-order valence-electron chi connectivity index (χ2n) is 7.23. The molecule has 0 atom stereocenters. The van der Waals surface area contributed by atoms with Crippen LogP contribution in [0.3, 0.4) is 0 Å². The Bertz CT molecular complexity index is 807. The zero-order valence-corrected chi connectivity index (χ0v) is 16.0. The van der Waals surface area contributed by atoms with Crippen LogP contribution in [0.5, 0.6) is 0 Å². The number of carbonyl (C=O) groups is 2. The maximum absolute atomic E-state index is 13.0. The molecule has 2 aliphatic rings. The third-order valence-electron chi connectivity index (χ3n) is 5.43. The minimum absolute atomic E-state index is 0. The van der Waals surface area contributed by atoms with E-state index in [9.17, 15) is 9.59 Å². The van der Waals surface area contributed by atoms with Crippen molar-refractivity contribution < 1.29 is 9.59 Å². The quantitative estimate of drug-likeness (QED) is 0.858. The molecule has 0 spiro atoms. The molecule has 6 heteroatoms. The molecule has 1 saturated heterocycles. The van der Waals surface area contributed by atoms with E-state index in [0.717, 1.165) is 0 Å². The van der Waals surface area contributed by atoms with E-state index >= 15 is 0 Å². The molecule has 0 bridgehead atoms. The summed E-state index contributed by atoms with van der Waals surface area (Å²) < 4.78 is 0. The maximum atomic E-state index is 13.0. The zero-order chi connectivity index (χ0) is 18.1. The number of halogens is 1. The Morgan fingerprint density at radius 2 is 1.26 bits per heavy atom. The molecule has 1 aliphatic carbocycles. The van der Waals surface area contributed by atoms with Crippen molar-refractivity contribution in [3.05, 3.63) is 71.3 Å². The highest BCUT2D eigenvalue weighted by atomic mass is 35.5. The van der Waals surface area contributed by atoms with Crippen LogP contribution in [-0.4, -0.2) is 53.3 Å². The molecule has 0 unspecified atom stereocenters. The average molecular weight is 386 g/mol. The van der Waals surface area contributed by atoms with Crippen molar-refractivity contribution in [2.75, 3.05) is 26.2 Å². The van der Waals surface area contributed by atoms with Crippen LogP contribution >= 0.6 is 12.4 Å². The Morgan fingerprint density at radius 3 is 1.81 bits per heavy atom. The molecule has 142 valence electrons. The van der Waals surface area contributed by atoms with Gasteiger partial charge in [-0.1, -0.05) is 42.5 Å². The van der Waals surface area contributed by atoms with Crippen molar-refractivity contribution in [3.63, 3.8) is 0 Å². The maximum Gasteiger partial charge on any atom is 0.253 e. The van der Waals surface area contributed by atoms with Gasteiger partial charge >= 0.3 is 0 Å². The molecule has 27 heavy (non-hydrogen) atoms. The Morgan fingerprint density at radius 1 is 0.778 bits per heavy atom.